The van der Waals surface area contributed by atoms with Crippen LogP contribution in [0.2, 0.25) is 15.1 Å². The Labute approximate surface area is 184 Å². The number of aryl methyl sites for hydroxylation is 1. The molecule has 10 heteroatoms. The minimum absolute atomic E-state index is 0.0811. The number of anilines is 1. The normalized spacial score (nSPS) is 12.0. The molecule has 0 saturated carbocycles. The van der Waals surface area contributed by atoms with Crippen LogP contribution in [0.5, 0.6) is 0 Å². The van der Waals surface area contributed by atoms with Crippen molar-refractivity contribution in [2.45, 2.75) is 16.7 Å². The molecular weight excluding hydrogens is 477 g/mol. The molecule has 0 N–H and O–H groups in total. The summed E-state index contributed by atoms with van der Waals surface area (Å²) in [7, 11) is -9.06. The molecule has 0 aliphatic carbocycles. The largest absolute Gasteiger partial charge is 0.277 e. The molecule has 0 fully saturated rings. The van der Waals surface area contributed by atoms with E-state index in [1.807, 2.05) is 0 Å². The molecule has 29 heavy (non-hydrogen) atoms. The number of sulfonamides is 2. The Bertz CT molecular complexity index is 1180. The number of nitrogens with zero attached hydrogens (tertiary/aromatic N) is 1. The Morgan fingerprint density at radius 2 is 1.00 bits per heavy atom. The maximum atomic E-state index is 13.4. The highest BCUT2D eigenvalue weighted by Crippen LogP contribution is 2.35. The fourth-order valence-electron chi connectivity index (χ4n) is 2.57. The van der Waals surface area contributed by atoms with E-state index in [1.165, 1.54) is 54.6 Å². The minimum Gasteiger partial charge on any atom is -0.200 e. The summed E-state index contributed by atoms with van der Waals surface area (Å²) in [6.07, 6.45) is 0. The van der Waals surface area contributed by atoms with Crippen molar-refractivity contribution in [3.05, 3.63) is 87.4 Å². The van der Waals surface area contributed by atoms with E-state index in [0.717, 1.165) is 0 Å². The zero-order chi connectivity index (χ0) is 21.4. The predicted octanol–water partition coefficient (Wildman–Crippen LogP) is 5.54. The first-order chi connectivity index (χ1) is 13.5. The molecule has 0 aliphatic rings. The van der Waals surface area contributed by atoms with Gasteiger partial charge in [-0.1, -0.05) is 40.9 Å². The van der Waals surface area contributed by atoms with Gasteiger partial charge in [0.1, 0.15) is 0 Å². The predicted molar refractivity (Wildman–Crippen MR) is 116 cm³/mol. The molecule has 0 saturated heterocycles. The second-order valence-corrected chi connectivity index (χ2v) is 11.2. The van der Waals surface area contributed by atoms with Gasteiger partial charge in [0.2, 0.25) is 0 Å². The first-order valence-corrected chi connectivity index (χ1v) is 12.1. The Morgan fingerprint density at radius 3 is 1.41 bits per heavy atom. The smallest absolute Gasteiger partial charge is 0.200 e. The lowest BCUT2D eigenvalue weighted by Crippen LogP contribution is -2.37. The van der Waals surface area contributed by atoms with E-state index in [-0.39, 0.29) is 20.5 Å². The monoisotopic (exact) mass is 489 g/mol. The lowest BCUT2D eigenvalue weighted by atomic mass is 10.2. The summed E-state index contributed by atoms with van der Waals surface area (Å²) in [5.41, 5.74) is 0.326. The van der Waals surface area contributed by atoms with Gasteiger partial charge < -0.3 is 0 Å². The van der Waals surface area contributed by atoms with E-state index >= 15 is 0 Å². The first kappa shape index (κ1) is 21.9. The van der Waals surface area contributed by atoms with E-state index < -0.39 is 20.0 Å². The van der Waals surface area contributed by atoms with E-state index in [1.54, 1.807) is 19.1 Å². The molecule has 0 aromatic heterocycles. The molecule has 0 aliphatic heterocycles. The molecule has 3 aromatic rings. The van der Waals surface area contributed by atoms with Crippen LogP contribution in [0.1, 0.15) is 5.56 Å². The summed E-state index contributed by atoms with van der Waals surface area (Å²) < 4.78 is 54.1. The van der Waals surface area contributed by atoms with Crippen LogP contribution in [0.3, 0.4) is 0 Å². The van der Waals surface area contributed by atoms with E-state index in [0.29, 0.717) is 19.3 Å². The van der Waals surface area contributed by atoms with E-state index in [4.69, 9.17) is 34.8 Å². The number of halogens is 3. The van der Waals surface area contributed by atoms with Crippen molar-refractivity contribution in [3.63, 3.8) is 0 Å². The summed E-state index contributed by atoms with van der Waals surface area (Å²) in [5, 5.41) is 0.818. The molecule has 3 aromatic carbocycles. The minimum atomic E-state index is -4.53. The van der Waals surface area contributed by atoms with E-state index in [9.17, 15) is 16.8 Å². The summed E-state index contributed by atoms with van der Waals surface area (Å²) in [6, 6.07) is 14.8. The molecular formula is C19H14Cl3NO4S2. The number of hydrogen-bond donors (Lipinski definition) is 0. The molecule has 0 spiro atoms. The van der Waals surface area contributed by atoms with Crippen molar-refractivity contribution in [1.29, 1.82) is 0 Å². The second kappa shape index (κ2) is 8.16. The second-order valence-electron chi connectivity index (χ2n) is 6.05. The molecule has 0 radical (unpaired) electrons. The van der Waals surface area contributed by atoms with Crippen LogP contribution in [0, 0.1) is 6.92 Å². The third-order valence-corrected chi connectivity index (χ3v) is 8.95. The van der Waals surface area contributed by atoms with Crippen LogP contribution >= 0.6 is 34.8 Å². The van der Waals surface area contributed by atoms with Crippen molar-refractivity contribution in [1.82, 2.24) is 0 Å². The van der Waals surface area contributed by atoms with Gasteiger partial charge in [-0.05, 0) is 73.2 Å². The Morgan fingerprint density at radius 1 is 0.621 bits per heavy atom. The van der Waals surface area contributed by atoms with Crippen LogP contribution in [-0.4, -0.2) is 16.8 Å². The average molecular weight is 491 g/mol. The van der Waals surface area contributed by atoms with Crippen molar-refractivity contribution in [3.8, 4) is 0 Å². The summed E-state index contributed by atoms with van der Waals surface area (Å²) >= 11 is 17.7. The zero-order valence-corrected chi connectivity index (χ0v) is 18.8. The molecule has 0 atom stereocenters. The van der Waals surface area contributed by atoms with Gasteiger partial charge in [-0.2, -0.15) is 3.71 Å². The van der Waals surface area contributed by atoms with Gasteiger partial charge >= 0.3 is 0 Å². The average Bonchev–Trinajstić information content (AvgIpc) is 2.65. The summed E-state index contributed by atoms with van der Waals surface area (Å²) in [5.74, 6) is 0. The lowest BCUT2D eigenvalue weighted by molar-refractivity contribution is 0.584. The quantitative estimate of drug-likeness (QED) is 0.471. The van der Waals surface area contributed by atoms with Crippen LogP contribution in [-0.2, 0) is 20.0 Å². The molecule has 0 heterocycles. The Balaban J connectivity index is 2.31. The van der Waals surface area contributed by atoms with Gasteiger partial charge in [-0.25, -0.2) is 16.8 Å². The molecule has 0 amide bonds. The third-order valence-electron chi connectivity index (χ3n) is 4.03. The number of rotatable bonds is 5. The summed E-state index contributed by atoms with van der Waals surface area (Å²) in [6.45, 7) is 1.59. The molecule has 0 unspecified atom stereocenters. The van der Waals surface area contributed by atoms with Gasteiger partial charge in [-0.15, -0.1) is 0 Å². The van der Waals surface area contributed by atoms with Crippen LogP contribution in [0.4, 0.5) is 5.69 Å². The van der Waals surface area contributed by atoms with Gasteiger partial charge in [0.25, 0.3) is 20.0 Å². The zero-order valence-electron chi connectivity index (χ0n) is 14.9. The highest BCUT2D eigenvalue weighted by molar-refractivity contribution is 8.10. The molecule has 5 nitrogen and oxygen atoms in total. The van der Waals surface area contributed by atoms with Crippen molar-refractivity contribution in [2.75, 3.05) is 3.71 Å². The van der Waals surface area contributed by atoms with Crippen molar-refractivity contribution in [2.24, 2.45) is 0 Å². The molecule has 152 valence electrons. The van der Waals surface area contributed by atoms with Gasteiger partial charge in [0.15, 0.2) is 0 Å². The highest BCUT2D eigenvalue weighted by Gasteiger charge is 2.38. The topological polar surface area (TPSA) is 71.5 Å². The highest BCUT2D eigenvalue weighted by atomic mass is 35.5. The molecule has 0 bridgehead atoms. The van der Waals surface area contributed by atoms with Crippen molar-refractivity contribution < 1.29 is 16.8 Å². The number of benzene rings is 3. The van der Waals surface area contributed by atoms with Gasteiger partial charge in [-0.3, -0.25) is 0 Å². The molecule has 3 rings (SSSR count). The Kier molecular flexibility index (Phi) is 6.17. The van der Waals surface area contributed by atoms with Gasteiger partial charge in [0.05, 0.1) is 15.5 Å². The third kappa shape index (κ3) is 4.39. The van der Waals surface area contributed by atoms with Gasteiger partial charge in [0, 0.05) is 15.1 Å². The maximum Gasteiger partial charge on any atom is 0.277 e. The summed E-state index contributed by atoms with van der Waals surface area (Å²) in [4.78, 5) is -0.474. The van der Waals surface area contributed by atoms with Crippen molar-refractivity contribution >= 4 is 60.5 Å². The maximum absolute atomic E-state index is 13.4. The van der Waals surface area contributed by atoms with Crippen LogP contribution in [0.25, 0.3) is 0 Å². The Hall–Kier alpha value is -1.77. The first-order valence-electron chi connectivity index (χ1n) is 8.11. The fourth-order valence-corrected chi connectivity index (χ4v) is 6.79. The SMILES string of the molecule is Cc1ccc(Cl)cc1N(S(=O)(=O)c1ccc(Cl)cc1)S(=O)(=O)c1ccc(Cl)cc1. The fraction of sp³-hybridized carbons (Fsp3) is 0.0526. The van der Waals surface area contributed by atoms with E-state index in [2.05, 4.69) is 0 Å². The lowest BCUT2D eigenvalue weighted by Gasteiger charge is -2.25. The van der Waals surface area contributed by atoms with Crippen LogP contribution in [0.15, 0.2) is 76.5 Å². The standard InChI is InChI=1S/C19H14Cl3NO4S2/c1-13-2-3-16(22)12-19(13)23(28(24,25)17-8-4-14(20)5-9-17)29(26,27)18-10-6-15(21)7-11-18/h2-12H,1H3. The van der Waals surface area contributed by atoms with Crippen LogP contribution < -0.4 is 3.71 Å². The number of hydrogen-bond acceptors (Lipinski definition) is 4.